The van der Waals surface area contributed by atoms with Gasteiger partial charge < -0.3 is 14.4 Å². The fraction of sp³-hybridized carbons (Fsp3) is 0.353. The number of non-ortho nitro benzene ring substituents is 1. The van der Waals surface area contributed by atoms with Gasteiger partial charge in [-0.15, -0.1) is 11.3 Å². The zero-order valence-corrected chi connectivity index (χ0v) is 14.5. The summed E-state index contributed by atoms with van der Waals surface area (Å²) in [6, 6.07) is 8.16. The van der Waals surface area contributed by atoms with Crippen LogP contribution in [0.25, 0.3) is 0 Å². The maximum absolute atomic E-state index is 12.6. The number of nitro benzene ring substituents is 1. The fourth-order valence-corrected chi connectivity index (χ4v) is 3.83. The standard InChI is InChI=1S/C17H18N2O5S/c1-23-14-7-6-12(19(21)22)10-15(14)24-11-17(20)18-8-2-4-13(18)16-5-3-9-25-16/h3,5-7,9-10,13H,2,4,8,11H2,1H3. The van der Waals surface area contributed by atoms with Gasteiger partial charge in [-0.1, -0.05) is 6.07 Å². The number of nitrogens with zero attached hydrogens (tertiary/aromatic N) is 2. The Morgan fingerprint density at radius 2 is 2.24 bits per heavy atom. The van der Waals surface area contributed by atoms with Gasteiger partial charge in [-0.2, -0.15) is 0 Å². The summed E-state index contributed by atoms with van der Waals surface area (Å²) >= 11 is 1.64. The summed E-state index contributed by atoms with van der Waals surface area (Å²) in [5, 5.41) is 12.9. The minimum Gasteiger partial charge on any atom is -0.493 e. The van der Waals surface area contributed by atoms with E-state index in [-0.39, 0.29) is 30.0 Å². The Hall–Kier alpha value is -2.61. The van der Waals surface area contributed by atoms with E-state index in [1.807, 2.05) is 22.4 Å². The highest BCUT2D eigenvalue weighted by Crippen LogP contribution is 2.35. The van der Waals surface area contributed by atoms with Gasteiger partial charge in [0.05, 0.1) is 24.1 Å². The van der Waals surface area contributed by atoms with E-state index < -0.39 is 4.92 Å². The first kappa shape index (κ1) is 17.2. The van der Waals surface area contributed by atoms with Crippen LogP contribution < -0.4 is 9.47 Å². The highest BCUT2D eigenvalue weighted by molar-refractivity contribution is 7.10. The van der Waals surface area contributed by atoms with Crippen molar-refractivity contribution in [2.75, 3.05) is 20.3 Å². The molecule has 1 aliphatic heterocycles. The molecule has 1 aromatic heterocycles. The molecule has 2 heterocycles. The van der Waals surface area contributed by atoms with Gasteiger partial charge in [-0.3, -0.25) is 14.9 Å². The highest BCUT2D eigenvalue weighted by Gasteiger charge is 2.30. The second-order valence-electron chi connectivity index (χ2n) is 5.64. The second kappa shape index (κ2) is 7.52. The Morgan fingerprint density at radius 3 is 2.92 bits per heavy atom. The quantitative estimate of drug-likeness (QED) is 0.581. The minimum atomic E-state index is -0.512. The molecule has 1 aromatic carbocycles. The number of methoxy groups -OCH3 is 1. The zero-order chi connectivity index (χ0) is 17.8. The Morgan fingerprint density at radius 1 is 1.40 bits per heavy atom. The number of amides is 1. The molecule has 1 fully saturated rings. The monoisotopic (exact) mass is 362 g/mol. The summed E-state index contributed by atoms with van der Waals surface area (Å²) in [4.78, 5) is 26.0. The second-order valence-corrected chi connectivity index (χ2v) is 6.62. The van der Waals surface area contributed by atoms with Gasteiger partial charge in [0.2, 0.25) is 0 Å². The van der Waals surface area contributed by atoms with E-state index in [9.17, 15) is 14.9 Å². The number of nitro groups is 1. The lowest BCUT2D eigenvalue weighted by atomic mass is 10.2. The molecule has 0 spiro atoms. The number of thiophene rings is 1. The van der Waals surface area contributed by atoms with Crippen LogP contribution in [-0.2, 0) is 4.79 Å². The summed E-state index contributed by atoms with van der Waals surface area (Å²) in [6.45, 7) is 0.510. The first-order valence-electron chi connectivity index (χ1n) is 7.88. The van der Waals surface area contributed by atoms with E-state index in [1.165, 1.54) is 30.2 Å². The van der Waals surface area contributed by atoms with E-state index in [0.29, 0.717) is 12.3 Å². The van der Waals surface area contributed by atoms with Crippen molar-refractivity contribution in [3.63, 3.8) is 0 Å². The molecule has 0 radical (unpaired) electrons. The molecule has 2 aromatic rings. The number of likely N-dealkylation sites (tertiary alicyclic amines) is 1. The number of hydrogen-bond donors (Lipinski definition) is 0. The van der Waals surface area contributed by atoms with Gasteiger partial charge in [0.25, 0.3) is 11.6 Å². The third-order valence-corrected chi connectivity index (χ3v) is 5.13. The maximum Gasteiger partial charge on any atom is 0.273 e. The molecule has 3 rings (SSSR count). The third kappa shape index (κ3) is 3.74. The summed E-state index contributed by atoms with van der Waals surface area (Å²) in [6.07, 6.45) is 1.89. The SMILES string of the molecule is COc1ccc([N+](=O)[O-])cc1OCC(=O)N1CCCC1c1cccs1. The van der Waals surface area contributed by atoms with Crippen LogP contribution in [-0.4, -0.2) is 36.0 Å². The lowest BCUT2D eigenvalue weighted by Gasteiger charge is -2.24. The van der Waals surface area contributed by atoms with Gasteiger partial charge in [-0.05, 0) is 30.4 Å². The number of rotatable bonds is 6. The first-order chi connectivity index (χ1) is 12.1. The molecular weight excluding hydrogens is 344 g/mol. The van der Waals surface area contributed by atoms with Crippen molar-refractivity contribution in [2.45, 2.75) is 18.9 Å². The number of benzene rings is 1. The molecule has 1 amide bonds. The van der Waals surface area contributed by atoms with Crippen molar-refractivity contribution in [3.05, 3.63) is 50.7 Å². The minimum absolute atomic E-state index is 0.0862. The molecule has 0 aliphatic carbocycles. The van der Waals surface area contributed by atoms with Crippen LogP contribution in [0.1, 0.15) is 23.8 Å². The topological polar surface area (TPSA) is 81.9 Å². The van der Waals surface area contributed by atoms with Crippen LogP contribution in [0.2, 0.25) is 0 Å². The summed E-state index contributed by atoms with van der Waals surface area (Å²) in [5.41, 5.74) is -0.110. The summed E-state index contributed by atoms with van der Waals surface area (Å²) in [5.74, 6) is 0.413. The van der Waals surface area contributed by atoms with Gasteiger partial charge in [0, 0.05) is 17.5 Å². The molecule has 8 heteroatoms. The Labute approximate surface area is 148 Å². The van der Waals surface area contributed by atoms with Crippen molar-refractivity contribution < 1.29 is 19.2 Å². The van der Waals surface area contributed by atoms with Crippen LogP contribution in [0.4, 0.5) is 5.69 Å². The molecule has 0 bridgehead atoms. The van der Waals surface area contributed by atoms with Crippen molar-refractivity contribution in [1.29, 1.82) is 0 Å². The molecule has 1 unspecified atom stereocenters. The fourth-order valence-electron chi connectivity index (χ4n) is 2.96. The van der Waals surface area contributed by atoms with Crippen LogP contribution in [0.3, 0.4) is 0 Å². The molecule has 1 aliphatic rings. The lowest BCUT2D eigenvalue weighted by molar-refractivity contribution is -0.385. The number of carbonyl (C=O) groups is 1. The molecule has 1 saturated heterocycles. The number of carbonyl (C=O) groups excluding carboxylic acids is 1. The Bertz CT molecular complexity index is 762. The third-order valence-electron chi connectivity index (χ3n) is 4.15. The summed E-state index contributed by atoms with van der Waals surface area (Å²) < 4.78 is 10.7. The average molecular weight is 362 g/mol. The molecule has 0 N–H and O–H groups in total. The number of ether oxygens (including phenoxy) is 2. The molecule has 132 valence electrons. The molecular formula is C17H18N2O5S. The lowest BCUT2D eigenvalue weighted by Crippen LogP contribution is -2.34. The van der Waals surface area contributed by atoms with Gasteiger partial charge in [0.15, 0.2) is 18.1 Å². The van der Waals surface area contributed by atoms with Crippen molar-refractivity contribution in [2.24, 2.45) is 0 Å². The van der Waals surface area contributed by atoms with E-state index in [0.717, 1.165) is 12.8 Å². The number of hydrogen-bond acceptors (Lipinski definition) is 6. The van der Waals surface area contributed by atoms with Crippen LogP contribution >= 0.6 is 11.3 Å². The van der Waals surface area contributed by atoms with Crippen molar-refractivity contribution >= 4 is 22.9 Å². The highest BCUT2D eigenvalue weighted by atomic mass is 32.1. The van der Waals surface area contributed by atoms with E-state index in [2.05, 4.69) is 0 Å². The molecule has 0 saturated carbocycles. The Balaban J connectivity index is 1.70. The normalized spacial score (nSPS) is 16.7. The van der Waals surface area contributed by atoms with Crippen LogP contribution in [0.5, 0.6) is 11.5 Å². The van der Waals surface area contributed by atoms with Crippen molar-refractivity contribution in [1.82, 2.24) is 4.90 Å². The van der Waals surface area contributed by atoms with Crippen LogP contribution in [0, 0.1) is 10.1 Å². The van der Waals surface area contributed by atoms with Gasteiger partial charge in [-0.25, -0.2) is 0 Å². The molecule has 7 nitrogen and oxygen atoms in total. The zero-order valence-electron chi connectivity index (χ0n) is 13.7. The smallest absolute Gasteiger partial charge is 0.273 e. The maximum atomic E-state index is 12.6. The molecule has 25 heavy (non-hydrogen) atoms. The van der Waals surface area contributed by atoms with E-state index >= 15 is 0 Å². The van der Waals surface area contributed by atoms with Gasteiger partial charge >= 0.3 is 0 Å². The van der Waals surface area contributed by atoms with Crippen molar-refractivity contribution in [3.8, 4) is 11.5 Å². The van der Waals surface area contributed by atoms with Gasteiger partial charge in [0.1, 0.15) is 0 Å². The first-order valence-corrected chi connectivity index (χ1v) is 8.76. The van der Waals surface area contributed by atoms with E-state index in [4.69, 9.17) is 9.47 Å². The average Bonchev–Trinajstić information content (AvgIpc) is 3.29. The molecule has 1 atom stereocenters. The van der Waals surface area contributed by atoms with Crippen LogP contribution in [0.15, 0.2) is 35.7 Å². The van der Waals surface area contributed by atoms with E-state index in [1.54, 1.807) is 11.3 Å². The predicted octanol–water partition coefficient (Wildman–Crippen LogP) is 3.41. The predicted molar refractivity (Wildman–Crippen MR) is 93.2 cm³/mol. The largest absolute Gasteiger partial charge is 0.493 e. The summed E-state index contributed by atoms with van der Waals surface area (Å²) in [7, 11) is 1.45. The Kier molecular flexibility index (Phi) is 5.18.